The zero-order valence-corrected chi connectivity index (χ0v) is 17.8. The minimum atomic E-state index is -0.253. The van der Waals surface area contributed by atoms with Crippen LogP contribution in [0.5, 0.6) is 0 Å². The summed E-state index contributed by atoms with van der Waals surface area (Å²) in [5, 5.41) is 0. The average Bonchev–Trinajstić information content (AvgIpc) is 3.47. The van der Waals surface area contributed by atoms with E-state index in [2.05, 4.69) is 28.3 Å². The number of H-pyrrole nitrogens is 1. The molecular formula is C23H23FN4OS. The molecule has 2 aromatic carbocycles. The van der Waals surface area contributed by atoms with E-state index in [1.165, 1.54) is 17.0 Å². The fraction of sp³-hybridized carbons (Fsp3) is 0.304. The predicted molar refractivity (Wildman–Crippen MR) is 117 cm³/mol. The number of rotatable bonds is 5. The maximum absolute atomic E-state index is 13.5. The number of nitrogens with one attached hydrogen (secondary N) is 1. The van der Waals surface area contributed by atoms with E-state index < -0.39 is 0 Å². The molecule has 0 radical (unpaired) electrons. The largest absolute Gasteiger partial charge is 0.441 e. The Kier molecular flexibility index (Phi) is 5.08. The first-order valence-electron chi connectivity index (χ1n) is 10.1. The highest BCUT2D eigenvalue weighted by Gasteiger charge is 2.30. The summed E-state index contributed by atoms with van der Waals surface area (Å²) in [5.41, 5.74) is 3.48. The fourth-order valence-corrected chi connectivity index (χ4v) is 4.52. The number of hydrogen-bond donors (Lipinski definition) is 1. The van der Waals surface area contributed by atoms with Gasteiger partial charge in [0.2, 0.25) is 5.89 Å². The molecule has 1 atom stereocenters. The van der Waals surface area contributed by atoms with E-state index in [1.807, 2.05) is 19.1 Å². The van der Waals surface area contributed by atoms with Crippen LogP contribution in [0.2, 0.25) is 0 Å². The lowest BCUT2D eigenvalue weighted by Gasteiger charge is -2.21. The number of imidazole rings is 1. The van der Waals surface area contributed by atoms with Gasteiger partial charge in [-0.25, -0.2) is 14.4 Å². The number of aromatic amines is 1. The molecule has 5 rings (SSSR count). The Morgan fingerprint density at radius 3 is 2.83 bits per heavy atom. The Balaban J connectivity index is 1.38. The third-order valence-corrected chi connectivity index (χ3v) is 6.47. The van der Waals surface area contributed by atoms with Gasteiger partial charge < -0.3 is 9.40 Å². The van der Waals surface area contributed by atoms with Crippen LogP contribution in [-0.4, -0.2) is 32.7 Å². The molecule has 1 saturated heterocycles. The van der Waals surface area contributed by atoms with Crippen molar-refractivity contribution in [2.75, 3.05) is 12.8 Å². The zero-order valence-electron chi connectivity index (χ0n) is 17.0. The summed E-state index contributed by atoms with van der Waals surface area (Å²) in [6.45, 7) is 3.64. The van der Waals surface area contributed by atoms with Crippen molar-refractivity contribution in [3.63, 3.8) is 0 Å². The molecule has 30 heavy (non-hydrogen) atoms. The highest BCUT2D eigenvalue weighted by molar-refractivity contribution is 7.98. The Labute approximate surface area is 178 Å². The Morgan fingerprint density at radius 2 is 2.03 bits per heavy atom. The normalized spacial score (nSPS) is 17.2. The standard InChI is InChI=1S/C23H23FN4OS/c1-14-20(27-23(29-14)15-5-8-17(30-2)9-6-15)13-28-11-3-4-21(28)22-25-18-10-7-16(24)12-19(18)26-22/h5-10,12,21H,3-4,11,13H2,1-2H3,(H,25,26)/t21-/m0/s1. The van der Waals surface area contributed by atoms with E-state index in [0.717, 1.165) is 53.3 Å². The molecule has 7 heteroatoms. The average molecular weight is 423 g/mol. The molecule has 5 nitrogen and oxygen atoms in total. The number of benzene rings is 2. The lowest BCUT2D eigenvalue weighted by Crippen LogP contribution is -2.24. The number of oxazole rings is 1. The Hall–Kier alpha value is -2.64. The van der Waals surface area contributed by atoms with E-state index >= 15 is 0 Å². The first-order valence-corrected chi connectivity index (χ1v) is 11.3. The van der Waals surface area contributed by atoms with Gasteiger partial charge in [-0.1, -0.05) is 0 Å². The molecule has 4 aromatic rings. The summed E-state index contributed by atoms with van der Waals surface area (Å²) in [6.07, 6.45) is 4.17. The smallest absolute Gasteiger partial charge is 0.226 e. The Morgan fingerprint density at radius 1 is 1.20 bits per heavy atom. The summed E-state index contributed by atoms with van der Waals surface area (Å²) >= 11 is 1.72. The van der Waals surface area contributed by atoms with Crippen LogP contribution in [0.4, 0.5) is 4.39 Å². The molecule has 1 fully saturated rings. The molecule has 0 amide bonds. The molecule has 0 aliphatic carbocycles. The van der Waals surface area contributed by atoms with E-state index in [4.69, 9.17) is 14.4 Å². The van der Waals surface area contributed by atoms with Gasteiger partial charge in [-0.2, -0.15) is 0 Å². The Bertz CT molecular complexity index is 1180. The van der Waals surface area contributed by atoms with Crippen molar-refractivity contribution >= 4 is 22.8 Å². The van der Waals surface area contributed by atoms with Gasteiger partial charge in [0, 0.05) is 17.0 Å². The van der Waals surface area contributed by atoms with Crippen molar-refractivity contribution in [1.29, 1.82) is 0 Å². The molecule has 1 aliphatic heterocycles. The summed E-state index contributed by atoms with van der Waals surface area (Å²) < 4.78 is 19.5. The second-order valence-corrected chi connectivity index (χ2v) is 8.54. The van der Waals surface area contributed by atoms with Gasteiger partial charge >= 0.3 is 0 Å². The van der Waals surface area contributed by atoms with E-state index in [1.54, 1.807) is 17.8 Å². The number of hydrogen-bond acceptors (Lipinski definition) is 5. The van der Waals surface area contributed by atoms with Gasteiger partial charge in [0.25, 0.3) is 0 Å². The lowest BCUT2D eigenvalue weighted by molar-refractivity contribution is 0.237. The SMILES string of the molecule is CSc1ccc(-c2nc(CN3CCC[C@H]3c3nc4ccc(F)cc4[nH]3)c(C)o2)cc1. The molecular weight excluding hydrogens is 399 g/mol. The lowest BCUT2D eigenvalue weighted by atomic mass is 10.2. The van der Waals surface area contributed by atoms with Crippen molar-refractivity contribution < 1.29 is 8.81 Å². The van der Waals surface area contributed by atoms with Crippen LogP contribution < -0.4 is 0 Å². The van der Waals surface area contributed by atoms with Crippen LogP contribution in [0, 0.1) is 12.7 Å². The quantitative estimate of drug-likeness (QED) is 0.417. The van der Waals surface area contributed by atoms with E-state index in [-0.39, 0.29) is 11.9 Å². The summed E-state index contributed by atoms with van der Waals surface area (Å²) in [4.78, 5) is 16.4. The van der Waals surface area contributed by atoms with Crippen molar-refractivity contribution in [2.45, 2.75) is 37.2 Å². The molecule has 154 valence electrons. The van der Waals surface area contributed by atoms with Crippen LogP contribution in [0.15, 0.2) is 51.8 Å². The number of thioether (sulfide) groups is 1. The predicted octanol–water partition coefficient (Wildman–Crippen LogP) is 5.72. The van der Waals surface area contributed by atoms with Crippen LogP contribution in [0.1, 0.15) is 36.2 Å². The molecule has 0 unspecified atom stereocenters. The highest BCUT2D eigenvalue weighted by Crippen LogP contribution is 2.34. The molecule has 1 N–H and O–H groups in total. The number of likely N-dealkylation sites (tertiary alicyclic amines) is 1. The third kappa shape index (κ3) is 3.63. The van der Waals surface area contributed by atoms with Crippen LogP contribution in [0.3, 0.4) is 0 Å². The first kappa shape index (κ1) is 19.3. The number of halogens is 1. The number of fused-ring (bicyclic) bond motifs is 1. The van der Waals surface area contributed by atoms with Crippen LogP contribution in [-0.2, 0) is 6.54 Å². The highest BCUT2D eigenvalue weighted by atomic mass is 32.2. The van der Waals surface area contributed by atoms with Gasteiger partial charge in [0.1, 0.15) is 17.4 Å². The monoisotopic (exact) mass is 422 g/mol. The minimum absolute atomic E-state index is 0.167. The van der Waals surface area contributed by atoms with Gasteiger partial charge in [-0.15, -0.1) is 11.8 Å². The van der Waals surface area contributed by atoms with Gasteiger partial charge in [0.05, 0.1) is 22.8 Å². The molecule has 0 spiro atoms. The second-order valence-electron chi connectivity index (χ2n) is 7.66. The zero-order chi connectivity index (χ0) is 20.7. The summed E-state index contributed by atoms with van der Waals surface area (Å²) in [5.74, 6) is 2.14. The number of nitrogens with zero attached hydrogens (tertiary/aromatic N) is 3. The number of aryl methyl sites for hydroxylation is 1. The van der Waals surface area contributed by atoms with Crippen molar-refractivity contribution in [2.24, 2.45) is 0 Å². The summed E-state index contributed by atoms with van der Waals surface area (Å²) in [7, 11) is 0. The van der Waals surface area contributed by atoms with E-state index in [0.29, 0.717) is 12.4 Å². The maximum Gasteiger partial charge on any atom is 0.226 e. The van der Waals surface area contributed by atoms with E-state index in [9.17, 15) is 4.39 Å². The van der Waals surface area contributed by atoms with Crippen molar-refractivity contribution in [3.05, 3.63) is 65.6 Å². The van der Waals surface area contributed by atoms with Crippen LogP contribution in [0.25, 0.3) is 22.5 Å². The molecule has 3 heterocycles. The maximum atomic E-state index is 13.5. The van der Waals surface area contributed by atoms with Gasteiger partial charge in [-0.05, 0) is 75.0 Å². The minimum Gasteiger partial charge on any atom is -0.441 e. The van der Waals surface area contributed by atoms with Crippen molar-refractivity contribution in [3.8, 4) is 11.5 Å². The van der Waals surface area contributed by atoms with Gasteiger partial charge in [0.15, 0.2) is 0 Å². The second kappa shape index (κ2) is 7.89. The topological polar surface area (TPSA) is 58.0 Å². The molecule has 1 aliphatic rings. The molecule has 0 saturated carbocycles. The van der Waals surface area contributed by atoms with Crippen molar-refractivity contribution in [1.82, 2.24) is 19.9 Å². The summed E-state index contributed by atoms with van der Waals surface area (Å²) in [6, 6.07) is 13.1. The number of aromatic nitrogens is 3. The fourth-order valence-electron chi connectivity index (χ4n) is 4.11. The molecule has 2 aromatic heterocycles. The first-order chi connectivity index (χ1) is 14.6. The van der Waals surface area contributed by atoms with Gasteiger partial charge in [-0.3, -0.25) is 4.90 Å². The third-order valence-electron chi connectivity index (χ3n) is 5.72. The molecule has 0 bridgehead atoms. The van der Waals surface area contributed by atoms with Crippen LogP contribution >= 0.6 is 11.8 Å².